The Morgan fingerprint density at radius 3 is 2.93 bits per heavy atom. The fourth-order valence-corrected chi connectivity index (χ4v) is 2.31. The van der Waals surface area contributed by atoms with Crippen LogP contribution >= 0.6 is 0 Å². The molecule has 0 aromatic carbocycles. The highest BCUT2D eigenvalue weighted by atomic mass is 16.3. The maximum Gasteiger partial charge on any atom is 0.126 e. The van der Waals surface area contributed by atoms with E-state index in [1.807, 2.05) is 12.1 Å². The lowest BCUT2D eigenvalue weighted by Crippen LogP contribution is -2.39. The fourth-order valence-electron chi connectivity index (χ4n) is 2.31. The maximum absolute atomic E-state index is 5.36. The lowest BCUT2D eigenvalue weighted by Gasteiger charge is -2.36. The lowest BCUT2D eigenvalue weighted by molar-refractivity contribution is 0.207. The molecule has 15 heavy (non-hydrogen) atoms. The Morgan fingerprint density at radius 2 is 2.27 bits per heavy atom. The molecule has 1 fully saturated rings. The van der Waals surface area contributed by atoms with Crippen molar-refractivity contribution in [3.8, 4) is 0 Å². The summed E-state index contributed by atoms with van der Waals surface area (Å²) < 4.78 is 5.36. The summed E-state index contributed by atoms with van der Waals surface area (Å²) in [5, 5.41) is 0. The van der Waals surface area contributed by atoms with Crippen LogP contribution in [0.15, 0.2) is 28.4 Å². The van der Waals surface area contributed by atoms with Gasteiger partial charge in [0, 0.05) is 12.6 Å². The quantitative estimate of drug-likeness (QED) is 0.700. The molecule has 0 N–H and O–H groups in total. The van der Waals surface area contributed by atoms with Gasteiger partial charge in [-0.15, -0.1) is 0 Å². The summed E-state index contributed by atoms with van der Waals surface area (Å²) in [7, 11) is 2.19. The van der Waals surface area contributed by atoms with Gasteiger partial charge in [-0.2, -0.15) is 0 Å². The Labute approximate surface area is 91.6 Å². The van der Waals surface area contributed by atoms with E-state index in [4.69, 9.17) is 4.42 Å². The molecule has 2 atom stereocenters. The van der Waals surface area contributed by atoms with Crippen molar-refractivity contribution in [1.29, 1.82) is 0 Å². The van der Waals surface area contributed by atoms with Crippen molar-refractivity contribution in [3.63, 3.8) is 0 Å². The Kier molecular flexibility index (Phi) is 2.96. The summed E-state index contributed by atoms with van der Waals surface area (Å²) in [4.78, 5) is 2.41. The Balaban J connectivity index is 2.20. The Bertz CT molecular complexity index is 339. The number of hydrogen-bond acceptors (Lipinski definition) is 2. The Hall–Kier alpha value is -1.02. The summed E-state index contributed by atoms with van der Waals surface area (Å²) in [6.07, 6.45) is 5.11. The highest BCUT2D eigenvalue weighted by Crippen LogP contribution is 2.27. The van der Waals surface area contributed by atoms with Gasteiger partial charge in [-0.3, -0.25) is 4.90 Å². The number of piperidine rings is 1. The van der Waals surface area contributed by atoms with Gasteiger partial charge in [0.05, 0.1) is 6.26 Å². The second-order valence-electron chi connectivity index (χ2n) is 4.66. The van der Waals surface area contributed by atoms with Crippen LogP contribution in [0.25, 0.3) is 6.08 Å². The van der Waals surface area contributed by atoms with Crippen LogP contribution in [0.2, 0.25) is 0 Å². The maximum atomic E-state index is 5.36. The number of nitrogens with zero attached hydrogens (tertiary/aromatic N) is 1. The largest absolute Gasteiger partial charge is 0.465 e. The number of likely N-dealkylation sites (tertiary alicyclic amines) is 1. The van der Waals surface area contributed by atoms with Crippen molar-refractivity contribution in [3.05, 3.63) is 29.7 Å². The SMILES string of the molecule is C[C@@H]1C/C(=C/c2ccco2)[C@H](C)N(C)C1. The third kappa shape index (κ3) is 2.32. The molecule has 1 aliphatic rings. The van der Waals surface area contributed by atoms with E-state index in [2.05, 4.69) is 31.9 Å². The summed E-state index contributed by atoms with van der Waals surface area (Å²) in [6, 6.07) is 4.48. The molecule has 0 aliphatic carbocycles. The first-order valence-electron chi connectivity index (χ1n) is 5.61. The van der Waals surface area contributed by atoms with Crippen LogP contribution in [0.1, 0.15) is 26.0 Å². The van der Waals surface area contributed by atoms with Crippen molar-refractivity contribution in [1.82, 2.24) is 4.90 Å². The molecule has 2 nitrogen and oxygen atoms in total. The van der Waals surface area contributed by atoms with Crippen LogP contribution in [0.5, 0.6) is 0 Å². The van der Waals surface area contributed by atoms with E-state index in [0.717, 1.165) is 11.7 Å². The van der Waals surface area contributed by atoms with Crippen molar-refractivity contribution >= 4 is 6.08 Å². The van der Waals surface area contributed by atoms with E-state index in [9.17, 15) is 0 Å². The zero-order valence-corrected chi connectivity index (χ0v) is 9.73. The van der Waals surface area contributed by atoms with E-state index in [1.54, 1.807) is 6.26 Å². The van der Waals surface area contributed by atoms with Gasteiger partial charge in [-0.25, -0.2) is 0 Å². The molecule has 1 saturated heterocycles. The number of rotatable bonds is 1. The van der Waals surface area contributed by atoms with E-state index in [-0.39, 0.29) is 0 Å². The predicted molar refractivity (Wildman–Crippen MR) is 62.6 cm³/mol. The van der Waals surface area contributed by atoms with E-state index in [1.165, 1.54) is 18.5 Å². The molecule has 0 radical (unpaired) electrons. The first-order chi connectivity index (χ1) is 7.16. The van der Waals surface area contributed by atoms with Crippen LogP contribution < -0.4 is 0 Å². The average Bonchev–Trinajstić information content (AvgIpc) is 2.66. The number of furan rings is 1. The van der Waals surface area contributed by atoms with Gasteiger partial charge >= 0.3 is 0 Å². The van der Waals surface area contributed by atoms with Gasteiger partial charge in [0.1, 0.15) is 5.76 Å². The number of hydrogen-bond donors (Lipinski definition) is 0. The van der Waals surface area contributed by atoms with E-state index in [0.29, 0.717) is 6.04 Å². The molecule has 0 amide bonds. The number of likely N-dealkylation sites (N-methyl/N-ethyl adjacent to an activating group) is 1. The van der Waals surface area contributed by atoms with Crippen LogP contribution in [0.4, 0.5) is 0 Å². The molecular weight excluding hydrogens is 186 g/mol. The van der Waals surface area contributed by atoms with Crippen molar-refractivity contribution in [2.24, 2.45) is 5.92 Å². The molecule has 82 valence electrons. The van der Waals surface area contributed by atoms with Crippen LogP contribution in [0, 0.1) is 5.92 Å². The lowest BCUT2D eigenvalue weighted by atomic mass is 9.90. The fraction of sp³-hybridized carbons (Fsp3) is 0.538. The second-order valence-corrected chi connectivity index (χ2v) is 4.66. The van der Waals surface area contributed by atoms with Crippen LogP contribution in [-0.4, -0.2) is 24.5 Å². The Morgan fingerprint density at radius 1 is 1.47 bits per heavy atom. The predicted octanol–water partition coefficient (Wildman–Crippen LogP) is 3.02. The molecule has 0 bridgehead atoms. The minimum Gasteiger partial charge on any atom is -0.465 e. The second kappa shape index (κ2) is 4.23. The minimum atomic E-state index is 0.534. The molecule has 0 unspecified atom stereocenters. The molecule has 2 rings (SSSR count). The molecule has 0 spiro atoms. The smallest absolute Gasteiger partial charge is 0.126 e. The zero-order chi connectivity index (χ0) is 10.8. The van der Waals surface area contributed by atoms with Crippen molar-refractivity contribution < 1.29 is 4.42 Å². The zero-order valence-electron chi connectivity index (χ0n) is 9.73. The van der Waals surface area contributed by atoms with Gasteiger partial charge in [-0.05, 0) is 50.1 Å². The van der Waals surface area contributed by atoms with Gasteiger partial charge in [0.2, 0.25) is 0 Å². The first kappa shape index (κ1) is 10.5. The highest BCUT2D eigenvalue weighted by Gasteiger charge is 2.23. The van der Waals surface area contributed by atoms with E-state index >= 15 is 0 Å². The monoisotopic (exact) mass is 205 g/mol. The molecule has 0 saturated carbocycles. The molecular formula is C13H19NO. The summed E-state index contributed by atoms with van der Waals surface area (Å²) in [6.45, 7) is 5.76. The molecule has 2 heterocycles. The molecule has 1 aliphatic heterocycles. The third-order valence-corrected chi connectivity index (χ3v) is 3.25. The highest BCUT2D eigenvalue weighted by molar-refractivity contribution is 5.49. The molecule has 2 heteroatoms. The van der Waals surface area contributed by atoms with Gasteiger partial charge in [-0.1, -0.05) is 6.92 Å². The van der Waals surface area contributed by atoms with Crippen molar-refractivity contribution in [2.75, 3.05) is 13.6 Å². The van der Waals surface area contributed by atoms with Gasteiger partial charge < -0.3 is 4.42 Å². The summed E-state index contributed by atoms with van der Waals surface area (Å²) in [5.41, 5.74) is 1.48. The summed E-state index contributed by atoms with van der Waals surface area (Å²) in [5.74, 6) is 1.71. The standard InChI is InChI=1S/C13H19NO/c1-10-7-12(11(2)14(3)9-10)8-13-5-4-6-15-13/h4-6,8,10-11H,7,9H2,1-3H3/b12-8-/t10-,11+/m1/s1. The van der Waals surface area contributed by atoms with E-state index < -0.39 is 0 Å². The van der Waals surface area contributed by atoms with Gasteiger partial charge in [0.25, 0.3) is 0 Å². The molecule has 1 aromatic rings. The topological polar surface area (TPSA) is 16.4 Å². The normalized spacial score (nSPS) is 31.0. The van der Waals surface area contributed by atoms with Crippen LogP contribution in [0.3, 0.4) is 0 Å². The van der Waals surface area contributed by atoms with Crippen LogP contribution in [-0.2, 0) is 0 Å². The molecule has 1 aromatic heterocycles. The summed E-state index contributed by atoms with van der Waals surface area (Å²) >= 11 is 0. The minimum absolute atomic E-state index is 0.534. The third-order valence-electron chi connectivity index (χ3n) is 3.25. The van der Waals surface area contributed by atoms with Crippen molar-refractivity contribution in [2.45, 2.75) is 26.3 Å². The average molecular weight is 205 g/mol. The first-order valence-corrected chi connectivity index (χ1v) is 5.61. The van der Waals surface area contributed by atoms with Gasteiger partial charge in [0.15, 0.2) is 0 Å².